The minimum Gasteiger partial charge on any atom is -0.372 e. The molecule has 0 spiro atoms. The van der Waals surface area contributed by atoms with Gasteiger partial charge in [0.1, 0.15) is 6.10 Å². The van der Waals surface area contributed by atoms with Gasteiger partial charge in [-0.05, 0) is 32.3 Å². The van der Waals surface area contributed by atoms with Gasteiger partial charge in [0.25, 0.3) is 0 Å². The Morgan fingerprint density at radius 3 is 3.08 bits per heavy atom. The summed E-state index contributed by atoms with van der Waals surface area (Å²) in [6, 6.07) is 2.10. The highest BCUT2D eigenvalue weighted by Crippen LogP contribution is 2.38. The van der Waals surface area contributed by atoms with Gasteiger partial charge in [-0.1, -0.05) is 6.42 Å². The molecular formula is C18H26N4OS. The molecule has 2 atom stereocenters. The van der Waals surface area contributed by atoms with Crippen molar-refractivity contribution in [1.29, 1.82) is 0 Å². The van der Waals surface area contributed by atoms with Crippen LogP contribution >= 0.6 is 11.3 Å². The quantitative estimate of drug-likeness (QED) is 0.834. The Bertz CT molecular complexity index is 664. The monoisotopic (exact) mass is 346 g/mol. The number of nitrogens with one attached hydrogen (secondary N) is 1. The van der Waals surface area contributed by atoms with Crippen molar-refractivity contribution in [3.63, 3.8) is 0 Å². The molecule has 2 aromatic rings. The third-order valence-corrected chi connectivity index (χ3v) is 6.45. The van der Waals surface area contributed by atoms with E-state index >= 15 is 0 Å². The Kier molecular flexibility index (Phi) is 4.96. The molecule has 1 N–H and O–H groups in total. The first-order chi connectivity index (χ1) is 11.8. The molecule has 6 heteroatoms. The van der Waals surface area contributed by atoms with Crippen LogP contribution in [0.3, 0.4) is 0 Å². The zero-order valence-electron chi connectivity index (χ0n) is 14.3. The van der Waals surface area contributed by atoms with Crippen molar-refractivity contribution in [2.24, 2.45) is 5.92 Å². The van der Waals surface area contributed by atoms with E-state index in [4.69, 9.17) is 4.74 Å². The second kappa shape index (κ2) is 7.33. The van der Waals surface area contributed by atoms with Gasteiger partial charge in [-0.2, -0.15) is 5.10 Å². The van der Waals surface area contributed by atoms with Gasteiger partial charge in [0.2, 0.25) is 0 Å². The summed E-state index contributed by atoms with van der Waals surface area (Å²) in [6.07, 6.45) is 9.24. The largest absolute Gasteiger partial charge is 0.372 e. The van der Waals surface area contributed by atoms with Crippen molar-refractivity contribution in [1.82, 2.24) is 20.1 Å². The third-order valence-electron chi connectivity index (χ3n) is 5.29. The van der Waals surface area contributed by atoms with E-state index in [2.05, 4.69) is 39.3 Å². The van der Waals surface area contributed by atoms with E-state index in [9.17, 15) is 0 Å². The van der Waals surface area contributed by atoms with Gasteiger partial charge in [-0.15, -0.1) is 11.3 Å². The highest BCUT2D eigenvalue weighted by Gasteiger charge is 2.31. The molecule has 1 saturated carbocycles. The summed E-state index contributed by atoms with van der Waals surface area (Å²) in [5.41, 5.74) is 1.21. The maximum Gasteiger partial charge on any atom is 0.103 e. The number of ether oxygens (including phenoxy) is 1. The van der Waals surface area contributed by atoms with Crippen LogP contribution in [0.1, 0.15) is 60.2 Å². The first-order valence-electron chi connectivity index (χ1n) is 9.13. The SMILES string of the molecule is CCn1nccc1[C@@H]1OCC[C@H]1CNCc1cnc(C2CCC2)s1. The Labute approximate surface area is 147 Å². The minimum atomic E-state index is 0.173. The predicted octanol–water partition coefficient (Wildman–Crippen LogP) is 3.49. The van der Waals surface area contributed by atoms with Gasteiger partial charge in [-0.25, -0.2) is 4.98 Å². The molecule has 1 aliphatic carbocycles. The average molecular weight is 347 g/mol. The van der Waals surface area contributed by atoms with Crippen molar-refractivity contribution in [3.8, 4) is 0 Å². The van der Waals surface area contributed by atoms with Gasteiger partial charge >= 0.3 is 0 Å². The number of aromatic nitrogens is 3. The van der Waals surface area contributed by atoms with E-state index in [1.54, 1.807) is 0 Å². The second-order valence-electron chi connectivity index (χ2n) is 6.84. The molecule has 130 valence electrons. The molecule has 2 fully saturated rings. The number of hydrogen-bond acceptors (Lipinski definition) is 5. The van der Waals surface area contributed by atoms with Crippen molar-refractivity contribution >= 4 is 11.3 Å². The van der Waals surface area contributed by atoms with Crippen molar-refractivity contribution < 1.29 is 4.74 Å². The van der Waals surface area contributed by atoms with Crippen molar-refractivity contribution in [2.45, 2.75) is 57.7 Å². The summed E-state index contributed by atoms with van der Waals surface area (Å²) < 4.78 is 8.06. The van der Waals surface area contributed by atoms with Gasteiger partial charge in [0.05, 0.1) is 10.7 Å². The molecule has 24 heavy (non-hydrogen) atoms. The normalized spacial score (nSPS) is 24.4. The second-order valence-corrected chi connectivity index (χ2v) is 7.98. The molecule has 2 aromatic heterocycles. The lowest BCUT2D eigenvalue weighted by molar-refractivity contribution is 0.0830. The molecule has 0 unspecified atom stereocenters. The summed E-state index contributed by atoms with van der Waals surface area (Å²) in [5, 5.41) is 9.35. The highest BCUT2D eigenvalue weighted by molar-refractivity contribution is 7.11. The molecule has 0 bridgehead atoms. The smallest absolute Gasteiger partial charge is 0.103 e. The van der Waals surface area contributed by atoms with Crippen LogP contribution < -0.4 is 5.32 Å². The number of nitrogens with zero attached hydrogens (tertiary/aromatic N) is 3. The van der Waals surface area contributed by atoms with Crippen molar-refractivity contribution in [2.75, 3.05) is 13.2 Å². The van der Waals surface area contributed by atoms with E-state index in [0.717, 1.165) is 38.6 Å². The fourth-order valence-corrected chi connectivity index (χ4v) is 4.70. The van der Waals surface area contributed by atoms with Gasteiger partial charge in [0, 0.05) is 55.3 Å². The lowest BCUT2D eigenvalue weighted by Gasteiger charge is -2.22. The maximum atomic E-state index is 6.00. The van der Waals surface area contributed by atoms with E-state index in [1.807, 2.05) is 17.5 Å². The predicted molar refractivity (Wildman–Crippen MR) is 95.1 cm³/mol. The van der Waals surface area contributed by atoms with Crippen LogP contribution in [0.5, 0.6) is 0 Å². The van der Waals surface area contributed by atoms with Crippen LogP contribution in [0, 0.1) is 5.92 Å². The van der Waals surface area contributed by atoms with Crippen LogP contribution in [0.25, 0.3) is 0 Å². The summed E-state index contributed by atoms with van der Waals surface area (Å²) in [7, 11) is 0. The van der Waals surface area contributed by atoms with Gasteiger partial charge in [0.15, 0.2) is 0 Å². The molecular weight excluding hydrogens is 320 g/mol. The van der Waals surface area contributed by atoms with E-state index < -0.39 is 0 Å². The van der Waals surface area contributed by atoms with E-state index in [-0.39, 0.29) is 6.10 Å². The third kappa shape index (κ3) is 3.27. The Hall–Kier alpha value is -1.24. The average Bonchev–Trinajstić information content (AvgIpc) is 3.25. The molecule has 0 aromatic carbocycles. The lowest BCUT2D eigenvalue weighted by atomic mass is 9.86. The summed E-state index contributed by atoms with van der Waals surface area (Å²) in [5.74, 6) is 1.26. The van der Waals surface area contributed by atoms with Gasteiger partial charge < -0.3 is 10.1 Å². The molecule has 0 radical (unpaired) electrons. The number of thiazole rings is 1. The van der Waals surface area contributed by atoms with Crippen molar-refractivity contribution in [3.05, 3.63) is 34.0 Å². The number of aryl methyl sites for hydroxylation is 1. The van der Waals surface area contributed by atoms with Crippen LogP contribution in [0.4, 0.5) is 0 Å². The summed E-state index contributed by atoms with van der Waals surface area (Å²) >= 11 is 1.88. The Morgan fingerprint density at radius 1 is 1.38 bits per heavy atom. The fraction of sp³-hybridized carbons (Fsp3) is 0.667. The topological polar surface area (TPSA) is 52.0 Å². The van der Waals surface area contributed by atoms with E-state index in [0.29, 0.717) is 5.92 Å². The molecule has 2 aliphatic rings. The fourth-order valence-electron chi connectivity index (χ4n) is 3.65. The lowest BCUT2D eigenvalue weighted by Crippen LogP contribution is -2.25. The van der Waals surface area contributed by atoms with Gasteiger partial charge in [-0.3, -0.25) is 4.68 Å². The first-order valence-corrected chi connectivity index (χ1v) is 9.95. The maximum absolute atomic E-state index is 6.00. The molecule has 0 amide bonds. The van der Waals surface area contributed by atoms with Crippen LogP contribution in [-0.2, 0) is 17.8 Å². The minimum absolute atomic E-state index is 0.173. The number of rotatable bonds is 7. The number of hydrogen-bond donors (Lipinski definition) is 1. The molecule has 1 saturated heterocycles. The zero-order valence-corrected chi connectivity index (χ0v) is 15.1. The Morgan fingerprint density at radius 2 is 2.29 bits per heavy atom. The molecule has 4 rings (SSSR count). The molecule has 5 nitrogen and oxygen atoms in total. The standard InChI is InChI=1S/C18H26N4OS/c1-2-22-16(6-8-21-22)17-14(7-9-23-17)10-19-11-15-12-20-18(24-15)13-4-3-5-13/h6,8,12-14,17,19H,2-5,7,9-11H2,1H3/t14-,17+/m0/s1. The Balaban J connectivity index is 1.31. The molecule has 1 aliphatic heterocycles. The van der Waals surface area contributed by atoms with Crippen LogP contribution in [0.15, 0.2) is 18.5 Å². The highest BCUT2D eigenvalue weighted by atomic mass is 32.1. The van der Waals surface area contributed by atoms with E-state index in [1.165, 1.54) is 34.8 Å². The molecule has 3 heterocycles. The summed E-state index contributed by atoms with van der Waals surface area (Å²) in [6.45, 7) is 5.77. The van der Waals surface area contributed by atoms with Crippen LogP contribution in [0.2, 0.25) is 0 Å². The first kappa shape index (κ1) is 16.2. The zero-order chi connectivity index (χ0) is 16.4. The van der Waals surface area contributed by atoms with Crippen LogP contribution in [-0.4, -0.2) is 27.9 Å². The summed E-state index contributed by atoms with van der Waals surface area (Å²) in [4.78, 5) is 5.96.